The lowest BCUT2D eigenvalue weighted by atomic mass is 10.2. The van der Waals surface area contributed by atoms with E-state index in [1.165, 1.54) is 12.3 Å². The van der Waals surface area contributed by atoms with Crippen LogP contribution in [0, 0.1) is 0 Å². The summed E-state index contributed by atoms with van der Waals surface area (Å²) in [6.45, 7) is 1.67. The third kappa shape index (κ3) is 7.26. The van der Waals surface area contributed by atoms with Gasteiger partial charge in [0.05, 0.1) is 0 Å². The van der Waals surface area contributed by atoms with Crippen LogP contribution in [0.3, 0.4) is 0 Å². The number of carbonyl (C=O) groups is 2. The van der Waals surface area contributed by atoms with E-state index in [0.29, 0.717) is 13.1 Å². The number of nitrogens with zero attached hydrogens (tertiary/aromatic N) is 1. The number of rotatable bonds is 9. The van der Waals surface area contributed by atoms with E-state index in [1.54, 1.807) is 13.2 Å². The number of carboxylic acid groups (broad SMARTS) is 1. The third-order valence-electron chi connectivity index (χ3n) is 2.81. The van der Waals surface area contributed by atoms with Crippen molar-refractivity contribution < 1.29 is 19.4 Å². The van der Waals surface area contributed by atoms with Gasteiger partial charge in [0.15, 0.2) is 0 Å². The highest BCUT2D eigenvalue weighted by Gasteiger charge is 2.04. The lowest BCUT2D eigenvalue weighted by molar-refractivity contribution is 0.0690. The average molecular weight is 295 g/mol. The van der Waals surface area contributed by atoms with E-state index >= 15 is 0 Å². The lowest BCUT2D eigenvalue weighted by Gasteiger charge is -2.07. The van der Waals surface area contributed by atoms with Crippen LogP contribution < -0.4 is 10.6 Å². The molecule has 3 N–H and O–H groups in total. The fourth-order valence-corrected chi connectivity index (χ4v) is 1.65. The Morgan fingerprint density at radius 2 is 2.05 bits per heavy atom. The molecule has 0 saturated carbocycles. The zero-order chi connectivity index (χ0) is 15.5. The first-order chi connectivity index (χ1) is 10.1. The first-order valence-corrected chi connectivity index (χ1v) is 6.82. The summed E-state index contributed by atoms with van der Waals surface area (Å²) in [5.74, 6) is -1.07. The zero-order valence-corrected chi connectivity index (χ0v) is 12.1. The Labute approximate surface area is 123 Å². The number of aromatic nitrogens is 1. The average Bonchev–Trinajstić information content (AvgIpc) is 2.49. The Bertz CT molecular complexity index is 448. The topological polar surface area (TPSA) is 101 Å². The Kier molecular flexibility index (Phi) is 7.81. The summed E-state index contributed by atoms with van der Waals surface area (Å²) in [5.41, 5.74) is 0.731. The highest BCUT2D eigenvalue weighted by Crippen LogP contribution is 2.00. The molecule has 1 heterocycles. The maximum atomic E-state index is 11.5. The highest BCUT2D eigenvalue weighted by atomic mass is 16.5. The van der Waals surface area contributed by atoms with Crippen molar-refractivity contribution in [3.05, 3.63) is 29.6 Å². The summed E-state index contributed by atoms with van der Waals surface area (Å²) in [7, 11) is 1.67. The predicted molar refractivity (Wildman–Crippen MR) is 77.2 cm³/mol. The van der Waals surface area contributed by atoms with E-state index in [1.807, 2.05) is 0 Å². The molecule has 0 aliphatic heterocycles. The van der Waals surface area contributed by atoms with E-state index in [-0.39, 0.29) is 11.7 Å². The van der Waals surface area contributed by atoms with Gasteiger partial charge in [-0.25, -0.2) is 14.6 Å². The summed E-state index contributed by atoms with van der Waals surface area (Å²) in [5, 5.41) is 14.2. The molecule has 0 bridgehead atoms. The van der Waals surface area contributed by atoms with Crippen molar-refractivity contribution in [2.75, 3.05) is 20.3 Å². The second-order valence-electron chi connectivity index (χ2n) is 4.52. The minimum atomic E-state index is -1.07. The van der Waals surface area contributed by atoms with Crippen LogP contribution in [0.15, 0.2) is 18.3 Å². The number of amides is 2. The molecule has 0 atom stereocenters. The molecule has 7 heteroatoms. The van der Waals surface area contributed by atoms with Crippen molar-refractivity contribution in [3.63, 3.8) is 0 Å². The second kappa shape index (κ2) is 9.71. The minimum absolute atomic E-state index is 0.0146. The van der Waals surface area contributed by atoms with E-state index in [0.717, 1.165) is 31.4 Å². The summed E-state index contributed by atoms with van der Waals surface area (Å²) in [6.07, 6.45) is 4.34. The van der Waals surface area contributed by atoms with Gasteiger partial charge in [0.25, 0.3) is 0 Å². The molecular formula is C14H21N3O4. The molecule has 1 rings (SSSR count). The predicted octanol–water partition coefficient (Wildman–Crippen LogP) is 1.40. The van der Waals surface area contributed by atoms with Crippen LogP contribution in [-0.4, -0.2) is 42.4 Å². The van der Waals surface area contributed by atoms with Crippen LogP contribution >= 0.6 is 0 Å². The van der Waals surface area contributed by atoms with Gasteiger partial charge in [0, 0.05) is 33.0 Å². The molecule has 116 valence electrons. The number of unbranched alkanes of at least 4 members (excludes halogenated alkanes) is 2. The van der Waals surface area contributed by atoms with E-state index in [9.17, 15) is 9.59 Å². The summed E-state index contributed by atoms with van der Waals surface area (Å²) in [6, 6.07) is 2.79. The Morgan fingerprint density at radius 3 is 2.67 bits per heavy atom. The van der Waals surface area contributed by atoms with Gasteiger partial charge in [-0.2, -0.15) is 0 Å². The molecule has 7 nitrogen and oxygen atoms in total. The van der Waals surface area contributed by atoms with Gasteiger partial charge in [-0.05, 0) is 30.9 Å². The molecule has 21 heavy (non-hydrogen) atoms. The maximum Gasteiger partial charge on any atom is 0.354 e. The van der Waals surface area contributed by atoms with Crippen molar-refractivity contribution in [1.82, 2.24) is 15.6 Å². The molecule has 0 aromatic carbocycles. The SMILES string of the molecule is COCCCCCNC(=O)NCc1ccc(C(=O)O)nc1. The number of pyridine rings is 1. The number of aromatic carboxylic acids is 1. The zero-order valence-electron chi connectivity index (χ0n) is 12.1. The highest BCUT2D eigenvalue weighted by molar-refractivity contribution is 5.85. The Hall–Kier alpha value is -2.15. The summed E-state index contributed by atoms with van der Waals surface area (Å²) in [4.78, 5) is 25.9. The molecule has 0 spiro atoms. The lowest BCUT2D eigenvalue weighted by Crippen LogP contribution is -2.35. The number of hydrogen-bond acceptors (Lipinski definition) is 4. The van der Waals surface area contributed by atoms with E-state index < -0.39 is 5.97 Å². The second-order valence-corrected chi connectivity index (χ2v) is 4.52. The minimum Gasteiger partial charge on any atom is -0.477 e. The number of methoxy groups -OCH3 is 1. The van der Waals surface area contributed by atoms with Crippen molar-refractivity contribution in [2.24, 2.45) is 0 Å². The fraction of sp³-hybridized carbons (Fsp3) is 0.500. The van der Waals surface area contributed by atoms with Crippen LogP contribution in [0.2, 0.25) is 0 Å². The quantitative estimate of drug-likeness (QED) is 0.598. The molecule has 0 radical (unpaired) electrons. The third-order valence-corrected chi connectivity index (χ3v) is 2.81. The summed E-state index contributed by atoms with van der Waals surface area (Å²) >= 11 is 0. The van der Waals surface area contributed by atoms with Crippen molar-refractivity contribution >= 4 is 12.0 Å². The normalized spacial score (nSPS) is 10.1. The standard InChI is InChI=1S/C14H21N3O4/c1-21-8-4-2-3-7-15-14(20)17-10-11-5-6-12(13(18)19)16-9-11/h5-6,9H,2-4,7-8,10H2,1H3,(H,18,19)(H2,15,17,20). The van der Waals surface area contributed by atoms with Gasteiger partial charge in [0.2, 0.25) is 0 Å². The number of carbonyl (C=O) groups excluding carboxylic acids is 1. The molecule has 0 aliphatic rings. The molecule has 1 aromatic heterocycles. The molecular weight excluding hydrogens is 274 g/mol. The molecule has 0 saturated heterocycles. The van der Waals surface area contributed by atoms with Gasteiger partial charge in [-0.1, -0.05) is 6.07 Å². The van der Waals surface area contributed by atoms with Gasteiger partial charge in [-0.3, -0.25) is 0 Å². The van der Waals surface area contributed by atoms with E-state index in [4.69, 9.17) is 9.84 Å². The number of urea groups is 1. The molecule has 0 fully saturated rings. The van der Waals surface area contributed by atoms with Crippen LogP contribution in [0.25, 0.3) is 0 Å². The number of carboxylic acids is 1. The largest absolute Gasteiger partial charge is 0.477 e. The van der Waals surface area contributed by atoms with Crippen molar-refractivity contribution in [2.45, 2.75) is 25.8 Å². The first kappa shape index (κ1) is 16.9. The summed E-state index contributed by atoms with van der Waals surface area (Å²) < 4.78 is 4.94. The van der Waals surface area contributed by atoms with Crippen LogP contribution in [0.1, 0.15) is 35.3 Å². The van der Waals surface area contributed by atoms with Gasteiger partial charge in [0.1, 0.15) is 5.69 Å². The van der Waals surface area contributed by atoms with Crippen LogP contribution in [-0.2, 0) is 11.3 Å². The smallest absolute Gasteiger partial charge is 0.354 e. The number of hydrogen-bond donors (Lipinski definition) is 3. The Balaban J connectivity index is 2.16. The number of ether oxygens (including phenoxy) is 1. The Morgan fingerprint density at radius 1 is 1.24 bits per heavy atom. The van der Waals surface area contributed by atoms with Crippen molar-refractivity contribution in [3.8, 4) is 0 Å². The number of nitrogens with one attached hydrogen (secondary N) is 2. The van der Waals surface area contributed by atoms with Gasteiger partial charge >= 0.3 is 12.0 Å². The molecule has 0 aliphatic carbocycles. The fourth-order valence-electron chi connectivity index (χ4n) is 1.65. The van der Waals surface area contributed by atoms with Gasteiger partial charge < -0.3 is 20.5 Å². The monoisotopic (exact) mass is 295 g/mol. The van der Waals surface area contributed by atoms with Crippen LogP contribution in [0.4, 0.5) is 4.79 Å². The van der Waals surface area contributed by atoms with Crippen LogP contribution in [0.5, 0.6) is 0 Å². The van der Waals surface area contributed by atoms with Gasteiger partial charge in [-0.15, -0.1) is 0 Å². The van der Waals surface area contributed by atoms with E-state index in [2.05, 4.69) is 15.6 Å². The first-order valence-electron chi connectivity index (χ1n) is 6.82. The maximum absolute atomic E-state index is 11.5. The molecule has 1 aromatic rings. The molecule has 2 amide bonds. The van der Waals surface area contributed by atoms with Crippen molar-refractivity contribution in [1.29, 1.82) is 0 Å². The molecule has 0 unspecified atom stereocenters.